The molecule has 1 nitrogen and oxygen atoms in total. The van der Waals surface area contributed by atoms with E-state index >= 15 is 0 Å². The van der Waals surface area contributed by atoms with Gasteiger partial charge in [0, 0.05) is 13.1 Å². The van der Waals surface area contributed by atoms with Gasteiger partial charge >= 0.3 is 0 Å². The van der Waals surface area contributed by atoms with Gasteiger partial charge in [-0.1, -0.05) is 37.5 Å². The lowest BCUT2D eigenvalue weighted by Gasteiger charge is -2.17. The van der Waals surface area contributed by atoms with Crippen molar-refractivity contribution in [1.82, 2.24) is 5.32 Å². The summed E-state index contributed by atoms with van der Waals surface area (Å²) in [4.78, 5) is 0. The van der Waals surface area contributed by atoms with E-state index in [0.717, 1.165) is 19.0 Å². The van der Waals surface area contributed by atoms with Crippen molar-refractivity contribution in [2.45, 2.75) is 32.1 Å². The van der Waals surface area contributed by atoms with Crippen LogP contribution in [-0.4, -0.2) is 13.1 Å². The minimum absolute atomic E-state index is 0.860. The number of rotatable bonds is 5. The van der Waals surface area contributed by atoms with Crippen molar-refractivity contribution in [2.75, 3.05) is 13.1 Å². The van der Waals surface area contributed by atoms with Crippen molar-refractivity contribution >= 4 is 0 Å². The minimum atomic E-state index is 0.860. The Morgan fingerprint density at radius 1 is 1.15 bits per heavy atom. The molecule has 74 valence electrons. The number of allylic oxidation sites excluding steroid dienone is 1. The molecular weight excluding hydrogens is 158 g/mol. The van der Waals surface area contributed by atoms with Crippen molar-refractivity contribution in [3.8, 4) is 0 Å². The second kappa shape index (κ2) is 6.90. The van der Waals surface area contributed by atoms with Crippen molar-refractivity contribution in [2.24, 2.45) is 5.92 Å². The highest BCUT2D eigenvalue weighted by Gasteiger charge is 2.08. The first-order chi connectivity index (χ1) is 6.43. The number of hydrogen-bond acceptors (Lipinski definition) is 1. The first-order valence-electron chi connectivity index (χ1n) is 5.42. The molecule has 0 aromatic heterocycles. The first-order valence-corrected chi connectivity index (χ1v) is 5.42. The van der Waals surface area contributed by atoms with Gasteiger partial charge in [-0.2, -0.15) is 0 Å². The van der Waals surface area contributed by atoms with Crippen LogP contribution in [0.4, 0.5) is 0 Å². The summed E-state index contributed by atoms with van der Waals surface area (Å²) in [6.45, 7) is 5.56. The Morgan fingerprint density at radius 2 is 1.92 bits per heavy atom. The van der Waals surface area contributed by atoms with Gasteiger partial charge in [0.15, 0.2) is 0 Å². The SMILES string of the molecule is C=CCNCC=CC1CCCCC1. The summed E-state index contributed by atoms with van der Waals surface area (Å²) in [6.07, 6.45) is 13.6. The third kappa shape index (κ3) is 4.89. The molecular formula is C12H21N. The maximum absolute atomic E-state index is 3.66. The molecule has 0 heterocycles. The van der Waals surface area contributed by atoms with E-state index < -0.39 is 0 Å². The molecule has 1 aliphatic carbocycles. The second-order valence-electron chi connectivity index (χ2n) is 3.77. The summed E-state index contributed by atoms with van der Waals surface area (Å²) in [5, 5.41) is 3.27. The zero-order valence-electron chi connectivity index (χ0n) is 8.47. The van der Waals surface area contributed by atoms with E-state index in [0.29, 0.717) is 0 Å². The molecule has 0 amide bonds. The van der Waals surface area contributed by atoms with Gasteiger partial charge in [0.25, 0.3) is 0 Å². The molecule has 0 saturated heterocycles. The van der Waals surface area contributed by atoms with Crippen LogP contribution in [-0.2, 0) is 0 Å². The van der Waals surface area contributed by atoms with Crippen LogP contribution in [0.25, 0.3) is 0 Å². The summed E-state index contributed by atoms with van der Waals surface area (Å²) in [5.41, 5.74) is 0. The van der Waals surface area contributed by atoms with E-state index in [4.69, 9.17) is 0 Å². The van der Waals surface area contributed by atoms with Crippen LogP contribution >= 0.6 is 0 Å². The van der Waals surface area contributed by atoms with Crippen LogP contribution in [0.3, 0.4) is 0 Å². The Kier molecular flexibility index (Phi) is 5.59. The largest absolute Gasteiger partial charge is 0.310 e. The summed E-state index contributed by atoms with van der Waals surface area (Å²) in [7, 11) is 0. The average molecular weight is 179 g/mol. The molecule has 0 aromatic carbocycles. The van der Waals surface area contributed by atoms with Crippen LogP contribution in [0.2, 0.25) is 0 Å². The molecule has 0 aliphatic heterocycles. The molecule has 0 radical (unpaired) electrons. The van der Waals surface area contributed by atoms with Gasteiger partial charge < -0.3 is 5.32 Å². The van der Waals surface area contributed by atoms with Gasteiger partial charge in [0.05, 0.1) is 0 Å². The maximum atomic E-state index is 3.66. The minimum Gasteiger partial charge on any atom is -0.310 e. The summed E-state index contributed by atoms with van der Waals surface area (Å²) < 4.78 is 0. The third-order valence-electron chi connectivity index (χ3n) is 2.61. The lowest BCUT2D eigenvalue weighted by Crippen LogP contribution is -2.13. The predicted octanol–water partition coefficient (Wildman–Crippen LogP) is 2.90. The van der Waals surface area contributed by atoms with E-state index in [1.807, 2.05) is 6.08 Å². The molecule has 0 bridgehead atoms. The fraction of sp³-hybridized carbons (Fsp3) is 0.667. The standard InChI is InChI=1S/C12H21N/c1-2-10-13-11-6-9-12-7-4-3-5-8-12/h2,6,9,12-13H,1,3-5,7-8,10-11H2. The topological polar surface area (TPSA) is 12.0 Å². The van der Waals surface area contributed by atoms with Gasteiger partial charge in [-0.05, 0) is 18.8 Å². The Hall–Kier alpha value is -0.560. The molecule has 0 atom stereocenters. The molecule has 0 aromatic rings. The lowest BCUT2D eigenvalue weighted by atomic mass is 9.89. The Morgan fingerprint density at radius 3 is 2.62 bits per heavy atom. The average Bonchev–Trinajstić information content (AvgIpc) is 2.19. The van der Waals surface area contributed by atoms with Crippen molar-refractivity contribution in [1.29, 1.82) is 0 Å². The van der Waals surface area contributed by atoms with Gasteiger partial charge in [0.2, 0.25) is 0 Å². The summed E-state index contributed by atoms with van der Waals surface area (Å²) in [5.74, 6) is 0.860. The van der Waals surface area contributed by atoms with Crippen molar-refractivity contribution in [3.05, 3.63) is 24.8 Å². The van der Waals surface area contributed by atoms with Gasteiger partial charge in [-0.3, -0.25) is 0 Å². The van der Waals surface area contributed by atoms with Crippen LogP contribution in [0.15, 0.2) is 24.8 Å². The van der Waals surface area contributed by atoms with Crippen molar-refractivity contribution in [3.63, 3.8) is 0 Å². The zero-order valence-corrected chi connectivity index (χ0v) is 8.47. The molecule has 13 heavy (non-hydrogen) atoms. The van der Waals surface area contributed by atoms with Gasteiger partial charge in [0.1, 0.15) is 0 Å². The normalized spacial score (nSPS) is 19.4. The molecule has 1 rings (SSSR count). The maximum Gasteiger partial charge on any atom is 0.0137 e. The highest BCUT2D eigenvalue weighted by atomic mass is 14.8. The molecule has 1 N–H and O–H groups in total. The quantitative estimate of drug-likeness (QED) is 0.505. The highest BCUT2D eigenvalue weighted by Crippen LogP contribution is 2.24. The molecule has 1 fully saturated rings. The van der Waals surface area contributed by atoms with Crippen molar-refractivity contribution < 1.29 is 0 Å². The predicted molar refractivity (Wildman–Crippen MR) is 58.8 cm³/mol. The lowest BCUT2D eigenvalue weighted by molar-refractivity contribution is 0.419. The summed E-state index contributed by atoms with van der Waals surface area (Å²) in [6, 6.07) is 0. The fourth-order valence-electron chi connectivity index (χ4n) is 1.86. The van der Waals surface area contributed by atoms with Gasteiger partial charge in [-0.15, -0.1) is 6.58 Å². The molecule has 0 unspecified atom stereocenters. The van der Waals surface area contributed by atoms with Gasteiger partial charge in [-0.25, -0.2) is 0 Å². The number of nitrogens with one attached hydrogen (secondary N) is 1. The van der Waals surface area contributed by atoms with E-state index in [2.05, 4.69) is 24.0 Å². The van der Waals surface area contributed by atoms with E-state index in [1.54, 1.807) is 0 Å². The van der Waals surface area contributed by atoms with E-state index in [-0.39, 0.29) is 0 Å². The summed E-state index contributed by atoms with van der Waals surface area (Å²) >= 11 is 0. The zero-order chi connectivity index (χ0) is 9.36. The third-order valence-corrected chi connectivity index (χ3v) is 2.61. The monoisotopic (exact) mass is 179 g/mol. The molecule has 1 saturated carbocycles. The highest BCUT2D eigenvalue weighted by molar-refractivity contribution is 4.91. The van der Waals surface area contributed by atoms with Crippen LogP contribution in [0.1, 0.15) is 32.1 Å². The number of hydrogen-bond donors (Lipinski definition) is 1. The molecule has 1 aliphatic rings. The second-order valence-corrected chi connectivity index (χ2v) is 3.77. The Bertz CT molecular complexity index is 155. The van der Waals surface area contributed by atoms with E-state index in [9.17, 15) is 0 Å². The van der Waals surface area contributed by atoms with Crippen LogP contribution in [0, 0.1) is 5.92 Å². The van der Waals surface area contributed by atoms with Crippen LogP contribution < -0.4 is 5.32 Å². The Labute approximate surface area is 81.9 Å². The Balaban J connectivity index is 2.04. The van der Waals surface area contributed by atoms with Crippen LogP contribution in [0.5, 0.6) is 0 Å². The molecule has 0 spiro atoms. The van der Waals surface area contributed by atoms with E-state index in [1.165, 1.54) is 32.1 Å². The first kappa shape index (κ1) is 10.5. The molecule has 1 heteroatoms. The fourth-order valence-corrected chi connectivity index (χ4v) is 1.86. The smallest absolute Gasteiger partial charge is 0.0137 e.